The molecule has 0 saturated carbocycles. The van der Waals surface area contributed by atoms with Crippen LogP contribution in [0.3, 0.4) is 0 Å². The molecule has 3 nitrogen and oxygen atoms in total. The lowest BCUT2D eigenvalue weighted by Gasteiger charge is -2.02. The molecule has 1 N–H and O–H groups in total. The van der Waals surface area contributed by atoms with Gasteiger partial charge in [0.15, 0.2) is 0 Å². The minimum atomic E-state index is -0.201. The normalized spacial score (nSPS) is 9.53. The Labute approximate surface area is 86.6 Å². The van der Waals surface area contributed by atoms with Gasteiger partial charge in [-0.2, -0.15) is 5.26 Å². The monoisotopic (exact) mass is 196 g/mol. The van der Waals surface area contributed by atoms with E-state index in [0.717, 1.165) is 5.56 Å². The molecule has 0 amide bonds. The van der Waals surface area contributed by atoms with Gasteiger partial charge < -0.3 is 4.98 Å². The van der Waals surface area contributed by atoms with E-state index < -0.39 is 0 Å². The van der Waals surface area contributed by atoms with Crippen molar-refractivity contribution in [2.24, 2.45) is 0 Å². The van der Waals surface area contributed by atoms with Crippen LogP contribution in [-0.4, -0.2) is 4.98 Å². The highest BCUT2D eigenvalue weighted by molar-refractivity contribution is 5.69. The highest BCUT2D eigenvalue weighted by Gasteiger charge is 2.04. The third-order valence-corrected chi connectivity index (χ3v) is 2.13. The molecule has 0 fully saturated rings. The molecule has 0 atom stereocenters. The summed E-state index contributed by atoms with van der Waals surface area (Å²) in [6, 6.07) is 12.9. The largest absolute Gasteiger partial charge is 0.328 e. The molecule has 0 saturated heterocycles. The molecule has 15 heavy (non-hydrogen) atoms. The number of nitrogens with one attached hydrogen (secondary N) is 1. The molecule has 3 heteroatoms. The zero-order valence-electron chi connectivity index (χ0n) is 7.90. The summed E-state index contributed by atoms with van der Waals surface area (Å²) in [4.78, 5) is 13.6. The van der Waals surface area contributed by atoms with Crippen LogP contribution >= 0.6 is 0 Å². The van der Waals surface area contributed by atoms with Crippen LogP contribution < -0.4 is 5.56 Å². The van der Waals surface area contributed by atoms with Crippen LogP contribution in [0.25, 0.3) is 11.1 Å². The molecule has 0 bridgehead atoms. The van der Waals surface area contributed by atoms with E-state index in [1.807, 2.05) is 30.3 Å². The molecular weight excluding hydrogens is 188 g/mol. The van der Waals surface area contributed by atoms with Crippen molar-refractivity contribution >= 4 is 0 Å². The zero-order chi connectivity index (χ0) is 10.7. The minimum Gasteiger partial charge on any atom is -0.328 e. The molecule has 2 aromatic rings. The van der Waals surface area contributed by atoms with Gasteiger partial charge in [0.1, 0.15) is 6.07 Å². The number of nitriles is 1. The number of aromatic nitrogens is 1. The molecule has 0 aliphatic heterocycles. The second-order valence-corrected chi connectivity index (χ2v) is 3.10. The highest BCUT2D eigenvalue weighted by Crippen LogP contribution is 2.20. The van der Waals surface area contributed by atoms with Gasteiger partial charge in [-0.15, -0.1) is 0 Å². The van der Waals surface area contributed by atoms with Crippen LogP contribution in [0.2, 0.25) is 0 Å². The molecule has 0 aliphatic carbocycles. The van der Waals surface area contributed by atoms with Gasteiger partial charge in [-0.25, -0.2) is 0 Å². The van der Waals surface area contributed by atoms with Gasteiger partial charge in [0.25, 0.3) is 0 Å². The quantitative estimate of drug-likeness (QED) is 0.757. The molecule has 0 aliphatic rings. The van der Waals surface area contributed by atoms with Crippen molar-refractivity contribution in [3.8, 4) is 17.2 Å². The Morgan fingerprint density at radius 1 is 1.20 bits per heavy atom. The molecular formula is C12H8N2O. The minimum absolute atomic E-state index is 0.201. The molecule has 0 radical (unpaired) electrons. The summed E-state index contributed by atoms with van der Waals surface area (Å²) in [5.41, 5.74) is 1.82. The Hall–Kier alpha value is -2.34. The van der Waals surface area contributed by atoms with E-state index >= 15 is 0 Å². The third kappa shape index (κ3) is 1.79. The lowest BCUT2D eigenvalue weighted by Crippen LogP contribution is -2.04. The molecule has 1 aromatic heterocycles. The van der Waals surface area contributed by atoms with E-state index in [1.165, 1.54) is 12.3 Å². The number of benzene rings is 1. The molecule has 2 rings (SSSR count). The summed E-state index contributed by atoms with van der Waals surface area (Å²) < 4.78 is 0. The maximum atomic E-state index is 11.2. The van der Waals surface area contributed by atoms with Gasteiger partial charge in [-0.05, 0) is 5.56 Å². The molecule has 1 heterocycles. The van der Waals surface area contributed by atoms with Crippen molar-refractivity contribution in [2.75, 3.05) is 0 Å². The van der Waals surface area contributed by atoms with Crippen molar-refractivity contribution in [3.05, 3.63) is 58.5 Å². The van der Waals surface area contributed by atoms with Gasteiger partial charge >= 0.3 is 0 Å². The number of nitrogens with zero attached hydrogens (tertiary/aromatic N) is 1. The third-order valence-electron chi connectivity index (χ3n) is 2.13. The number of aromatic amines is 1. The lowest BCUT2D eigenvalue weighted by atomic mass is 10.0. The van der Waals surface area contributed by atoms with Gasteiger partial charge in [0.05, 0.1) is 5.56 Å². The predicted molar refractivity (Wildman–Crippen MR) is 57.2 cm³/mol. The van der Waals surface area contributed by atoms with Crippen molar-refractivity contribution in [1.29, 1.82) is 5.26 Å². The summed E-state index contributed by atoms with van der Waals surface area (Å²) in [7, 11) is 0. The van der Waals surface area contributed by atoms with Gasteiger partial charge in [0, 0.05) is 17.8 Å². The summed E-state index contributed by atoms with van der Waals surface area (Å²) >= 11 is 0. The number of hydrogen-bond acceptors (Lipinski definition) is 2. The lowest BCUT2D eigenvalue weighted by molar-refractivity contribution is 1.22. The van der Waals surface area contributed by atoms with Crippen LogP contribution in [0.15, 0.2) is 47.4 Å². The van der Waals surface area contributed by atoms with E-state index in [1.54, 1.807) is 0 Å². The Morgan fingerprint density at radius 3 is 2.60 bits per heavy atom. The first kappa shape index (κ1) is 9.22. The average Bonchev–Trinajstić information content (AvgIpc) is 2.30. The van der Waals surface area contributed by atoms with E-state index in [-0.39, 0.29) is 5.56 Å². The fourth-order valence-electron chi connectivity index (χ4n) is 1.42. The molecule has 0 spiro atoms. The second kappa shape index (κ2) is 3.81. The number of hydrogen-bond donors (Lipinski definition) is 1. The first-order valence-electron chi connectivity index (χ1n) is 4.49. The van der Waals surface area contributed by atoms with Crippen molar-refractivity contribution in [2.45, 2.75) is 0 Å². The van der Waals surface area contributed by atoms with Crippen LogP contribution in [0.1, 0.15) is 5.56 Å². The van der Waals surface area contributed by atoms with E-state index in [4.69, 9.17) is 5.26 Å². The van der Waals surface area contributed by atoms with E-state index in [0.29, 0.717) is 11.1 Å². The van der Waals surface area contributed by atoms with Gasteiger partial charge in [-0.3, -0.25) is 4.79 Å². The SMILES string of the molecule is N#Cc1c[nH]c(=O)cc1-c1ccccc1. The number of pyridine rings is 1. The fraction of sp³-hybridized carbons (Fsp3) is 0. The molecule has 0 unspecified atom stereocenters. The highest BCUT2D eigenvalue weighted by atomic mass is 16.1. The van der Waals surface area contributed by atoms with Gasteiger partial charge in [-0.1, -0.05) is 30.3 Å². The maximum Gasteiger partial charge on any atom is 0.248 e. The van der Waals surface area contributed by atoms with Crippen LogP contribution in [0.5, 0.6) is 0 Å². The number of rotatable bonds is 1. The average molecular weight is 196 g/mol. The summed E-state index contributed by atoms with van der Waals surface area (Å²) in [5.74, 6) is 0. The summed E-state index contributed by atoms with van der Waals surface area (Å²) in [5, 5.41) is 8.90. The summed E-state index contributed by atoms with van der Waals surface area (Å²) in [6.07, 6.45) is 1.44. The Morgan fingerprint density at radius 2 is 1.93 bits per heavy atom. The second-order valence-electron chi connectivity index (χ2n) is 3.10. The van der Waals surface area contributed by atoms with Crippen LogP contribution in [0.4, 0.5) is 0 Å². The predicted octanol–water partition coefficient (Wildman–Crippen LogP) is 1.91. The fourth-order valence-corrected chi connectivity index (χ4v) is 1.42. The molecule has 72 valence electrons. The first-order chi connectivity index (χ1) is 7.31. The topological polar surface area (TPSA) is 56.6 Å². The summed E-state index contributed by atoms with van der Waals surface area (Å²) in [6.45, 7) is 0. The van der Waals surface area contributed by atoms with E-state index in [9.17, 15) is 4.79 Å². The zero-order valence-corrected chi connectivity index (χ0v) is 7.90. The van der Waals surface area contributed by atoms with Crippen LogP contribution in [-0.2, 0) is 0 Å². The standard InChI is InChI=1S/C12H8N2O/c13-7-10-8-14-12(15)6-11(10)9-4-2-1-3-5-9/h1-6,8H,(H,14,15). The van der Waals surface area contributed by atoms with Crippen molar-refractivity contribution in [3.63, 3.8) is 0 Å². The number of H-pyrrole nitrogens is 1. The van der Waals surface area contributed by atoms with Gasteiger partial charge in [0.2, 0.25) is 5.56 Å². The van der Waals surface area contributed by atoms with Crippen molar-refractivity contribution in [1.82, 2.24) is 4.98 Å². The smallest absolute Gasteiger partial charge is 0.248 e. The van der Waals surface area contributed by atoms with E-state index in [2.05, 4.69) is 11.1 Å². The maximum absolute atomic E-state index is 11.2. The van der Waals surface area contributed by atoms with Crippen molar-refractivity contribution < 1.29 is 0 Å². The molecule has 1 aromatic carbocycles. The first-order valence-corrected chi connectivity index (χ1v) is 4.49. The Bertz CT molecular complexity index is 564. The Balaban J connectivity index is 2.68. The Kier molecular flexibility index (Phi) is 2.34. The van der Waals surface area contributed by atoms with Crippen LogP contribution in [0, 0.1) is 11.3 Å².